The molecule has 6 nitrogen and oxygen atoms in total. The van der Waals surface area contributed by atoms with Gasteiger partial charge < -0.3 is 15.0 Å². The number of likely N-dealkylation sites (N-methyl/N-ethyl adjacent to an activating group) is 1. The van der Waals surface area contributed by atoms with E-state index in [4.69, 9.17) is 16.3 Å². The number of halogens is 1. The summed E-state index contributed by atoms with van der Waals surface area (Å²) < 4.78 is 5.42. The lowest BCUT2D eigenvalue weighted by molar-refractivity contribution is -0.124. The van der Waals surface area contributed by atoms with Gasteiger partial charge >= 0.3 is 0 Å². The van der Waals surface area contributed by atoms with Crippen LogP contribution in [-0.4, -0.2) is 48.7 Å². The minimum absolute atomic E-state index is 0.103. The molecule has 2 heterocycles. The number of hydrogen-bond acceptors (Lipinski definition) is 5. The number of carbonyl (C=O) groups is 1. The number of nitrogens with zero attached hydrogens (tertiary/aromatic N) is 3. The average molecular weight is 307 g/mol. The minimum Gasteiger partial charge on any atom is -0.377 e. The quantitative estimate of drug-likeness (QED) is 0.845. The molecule has 1 aromatic heterocycles. The van der Waals surface area contributed by atoms with E-state index >= 15 is 0 Å². The topological polar surface area (TPSA) is 67.3 Å². The van der Waals surface area contributed by atoms with Crippen molar-refractivity contribution in [3.05, 3.63) is 29.5 Å². The number of fused-ring (bicyclic) bond motifs is 1. The number of aromatic nitrogens is 2. The molecule has 110 valence electrons. The molecule has 1 N–H and O–H groups in total. The fourth-order valence-corrected chi connectivity index (χ4v) is 2.66. The molecule has 1 aromatic carbocycles. The first-order chi connectivity index (χ1) is 10.2. The molecule has 1 fully saturated rings. The summed E-state index contributed by atoms with van der Waals surface area (Å²) in [5.41, 5.74) is 0.759. The van der Waals surface area contributed by atoms with Gasteiger partial charge in [-0.15, -0.1) is 0 Å². The molecule has 0 bridgehead atoms. The number of carbonyl (C=O) groups excluding carboxylic acids is 1. The van der Waals surface area contributed by atoms with Crippen LogP contribution >= 0.6 is 11.6 Å². The van der Waals surface area contributed by atoms with Gasteiger partial charge in [0.05, 0.1) is 18.7 Å². The highest BCUT2D eigenvalue weighted by Gasteiger charge is 2.31. The molecular formula is C14H15ClN4O2. The van der Waals surface area contributed by atoms with E-state index in [1.807, 2.05) is 29.2 Å². The Morgan fingerprint density at radius 3 is 3.05 bits per heavy atom. The first-order valence-corrected chi connectivity index (χ1v) is 7.07. The summed E-state index contributed by atoms with van der Waals surface area (Å²) in [7, 11) is 1.61. The maximum atomic E-state index is 12.1. The molecule has 1 aliphatic rings. The van der Waals surface area contributed by atoms with Crippen LogP contribution in [-0.2, 0) is 9.53 Å². The van der Waals surface area contributed by atoms with Gasteiger partial charge in [0.25, 0.3) is 0 Å². The van der Waals surface area contributed by atoms with Crippen molar-refractivity contribution in [3.8, 4) is 0 Å². The number of hydrogen-bond donors (Lipinski definition) is 1. The molecule has 0 saturated carbocycles. The Kier molecular flexibility index (Phi) is 3.90. The van der Waals surface area contributed by atoms with Gasteiger partial charge in [0, 0.05) is 19.0 Å². The van der Waals surface area contributed by atoms with E-state index in [0.29, 0.717) is 25.6 Å². The van der Waals surface area contributed by atoms with Crippen LogP contribution < -0.4 is 10.2 Å². The Labute approximate surface area is 127 Å². The van der Waals surface area contributed by atoms with E-state index in [1.54, 1.807) is 7.05 Å². The van der Waals surface area contributed by atoms with Gasteiger partial charge in [-0.25, -0.2) is 4.98 Å². The Morgan fingerprint density at radius 1 is 1.43 bits per heavy atom. The lowest BCUT2D eigenvalue weighted by Crippen LogP contribution is -2.53. The highest BCUT2D eigenvalue weighted by molar-refractivity contribution is 6.28. The number of morpholine rings is 1. The van der Waals surface area contributed by atoms with Crippen LogP contribution in [0.3, 0.4) is 0 Å². The second kappa shape index (κ2) is 5.83. The van der Waals surface area contributed by atoms with Gasteiger partial charge in [-0.3, -0.25) is 4.79 Å². The fourth-order valence-electron chi connectivity index (χ4n) is 2.49. The molecule has 1 amide bonds. The average Bonchev–Trinajstić information content (AvgIpc) is 2.53. The van der Waals surface area contributed by atoms with Crippen LogP contribution in [0.4, 0.5) is 5.82 Å². The van der Waals surface area contributed by atoms with E-state index < -0.39 is 6.04 Å². The summed E-state index contributed by atoms with van der Waals surface area (Å²) in [4.78, 5) is 22.5. The van der Waals surface area contributed by atoms with Crippen molar-refractivity contribution in [2.24, 2.45) is 0 Å². The third-order valence-electron chi connectivity index (χ3n) is 3.51. The number of rotatable bonds is 2. The van der Waals surface area contributed by atoms with E-state index in [9.17, 15) is 4.79 Å². The molecule has 0 aliphatic carbocycles. The largest absolute Gasteiger partial charge is 0.377 e. The monoisotopic (exact) mass is 306 g/mol. The fraction of sp³-hybridized carbons (Fsp3) is 0.357. The summed E-state index contributed by atoms with van der Waals surface area (Å²) in [5, 5.41) is 3.71. The highest BCUT2D eigenvalue weighted by atomic mass is 35.5. The zero-order valence-electron chi connectivity index (χ0n) is 11.5. The van der Waals surface area contributed by atoms with E-state index in [2.05, 4.69) is 15.3 Å². The number of para-hydroxylation sites is 1. The van der Waals surface area contributed by atoms with Gasteiger partial charge in [-0.05, 0) is 23.7 Å². The lowest BCUT2D eigenvalue weighted by atomic mass is 10.1. The normalized spacial score (nSPS) is 18.8. The molecule has 1 unspecified atom stereocenters. The van der Waals surface area contributed by atoms with Gasteiger partial charge in [0.2, 0.25) is 11.2 Å². The third kappa shape index (κ3) is 2.64. The van der Waals surface area contributed by atoms with E-state index in [-0.39, 0.29) is 11.2 Å². The lowest BCUT2D eigenvalue weighted by Gasteiger charge is -2.35. The number of nitrogens with one attached hydrogen (secondary N) is 1. The van der Waals surface area contributed by atoms with Crippen molar-refractivity contribution in [3.63, 3.8) is 0 Å². The third-order valence-corrected chi connectivity index (χ3v) is 3.67. The van der Waals surface area contributed by atoms with Crippen molar-refractivity contribution in [2.75, 3.05) is 31.7 Å². The standard InChI is InChI=1S/C14H15ClN4O2/c1-16-13(20)11-8-21-7-6-19(11)12-9-4-2-3-5-10(9)17-14(15)18-12/h2-5,11H,6-8H2,1H3,(H,16,20). The maximum absolute atomic E-state index is 12.1. The van der Waals surface area contributed by atoms with Gasteiger partial charge in [-0.2, -0.15) is 4.98 Å². The maximum Gasteiger partial charge on any atom is 0.244 e. The predicted octanol–water partition coefficient (Wildman–Crippen LogP) is 1.23. The summed E-state index contributed by atoms with van der Waals surface area (Å²) in [6.07, 6.45) is 0. The predicted molar refractivity (Wildman–Crippen MR) is 80.6 cm³/mol. The number of amides is 1. The molecule has 1 aliphatic heterocycles. The Bertz CT molecular complexity index is 679. The van der Waals surface area contributed by atoms with Crippen LogP contribution in [0.25, 0.3) is 10.9 Å². The van der Waals surface area contributed by atoms with Crippen LogP contribution in [0.15, 0.2) is 24.3 Å². The summed E-state index contributed by atoms with van der Waals surface area (Å²) in [6, 6.07) is 7.20. The Morgan fingerprint density at radius 2 is 2.24 bits per heavy atom. The molecule has 3 rings (SSSR count). The Hall–Kier alpha value is -1.92. The van der Waals surface area contributed by atoms with Gasteiger partial charge in [0.15, 0.2) is 0 Å². The molecule has 0 spiro atoms. The molecule has 21 heavy (non-hydrogen) atoms. The van der Waals surface area contributed by atoms with Gasteiger partial charge in [-0.1, -0.05) is 12.1 Å². The molecule has 7 heteroatoms. The zero-order chi connectivity index (χ0) is 14.8. The van der Waals surface area contributed by atoms with Crippen molar-refractivity contribution in [1.29, 1.82) is 0 Å². The second-order valence-electron chi connectivity index (χ2n) is 4.73. The minimum atomic E-state index is -0.418. The molecule has 0 radical (unpaired) electrons. The SMILES string of the molecule is CNC(=O)C1COCCN1c1nc(Cl)nc2ccccc12. The second-order valence-corrected chi connectivity index (χ2v) is 5.07. The number of ether oxygens (including phenoxy) is 1. The van der Waals surface area contributed by atoms with Gasteiger partial charge in [0.1, 0.15) is 11.9 Å². The van der Waals surface area contributed by atoms with Crippen LogP contribution in [0.5, 0.6) is 0 Å². The van der Waals surface area contributed by atoms with E-state index in [0.717, 1.165) is 10.9 Å². The van der Waals surface area contributed by atoms with Crippen molar-refractivity contribution < 1.29 is 9.53 Å². The number of anilines is 1. The molecule has 1 atom stereocenters. The van der Waals surface area contributed by atoms with Crippen LogP contribution in [0.2, 0.25) is 5.28 Å². The molecule has 2 aromatic rings. The van der Waals surface area contributed by atoms with Crippen molar-refractivity contribution in [1.82, 2.24) is 15.3 Å². The first kappa shape index (κ1) is 14.0. The first-order valence-electron chi connectivity index (χ1n) is 6.69. The highest BCUT2D eigenvalue weighted by Crippen LogP contribution is 2.27. The summed E-state index contributed by atoms with van der Waals surface area (Å²) in [6.45, 7) is 1.45. The van der Waals surface area contributed by atoms with Crippen LogP contribution in [0, 0.1) is 0 Å². The summed E-state index contributed by atoms with van der Waals surface area (Å²) in [5.74, 6) is 0.566. The van der Waals surface area contributed by atoms with E-state index in [1.165, 1.54) is 0 Å². The Balaban J connectivity index is 2.11. The van der Waals surface area contributed by atoms with Crippen LogP contribution in [0.1, 0.15) is 0 Å². The smallest absolute Gasteiger partial charge is 0.244 e. The zero-order valence-corrected chi connectivity index (χ0v) is 12.3. The number of benzene rings is 1. The van der Waals surface area contributed by atoms with Crippen molar-refractivity contribution in [2.45, 2.75) is 6.04 Å². The summed E-state index contributed by atoms with van der Waals surface area (Å²) >= 11 is 6.02. The molecular weight excluding hydrogens is 292 g/mol. The molecule has 1 saturated heterocycles. The van der Waals surface area contributed by atoms with Crippen molar-refractivity contribution >= 4 is 34.2 Å².